The molecule has 1 saturated heterocycles. The molecule has 0 amide bonds. The first-order valence-corrected chi connectivity index (χ1v) is 12.7. The van der Waals surface area contributed by atoms with Gasteiger partial charge in [0.15, 0.2) is 11.6 Å². The summed E-state index contributed by atoms with van der Waals surface area (Å²) in [6, 6.07) is 8.39. The number of pyridine rings is 1. The summed E-state index contributed by atoms with van der Waals surface area (Å²) in [5, 5.41) is 14.6. The quantitative estimate of drug-likeness (QED) is 0.477. The van der Waals surface area contributed by atoms with Crippen LogP contribution in [0.3, 0.4) is 0 Å². The summed E-state index contributed by atoms with van der Waals surface area (Å²) < 4.78 is 8.28. The smallest absolute Gasteiger partial charge is 0.166 e. The summed E-state index contributed by atoms with van der Waals surface area (Å²) in [4.78, 5) is 8.86. The Labute approximate surface area is 220 Å². The van der Waals surface area contributed by atoms with E-state index in [1.165, 1.54) is 0 Å². The maximum Gasteiger partial charge on any atom is 0.166 e. The number of nitrogens with two attached hydrogens (primary N) is 1. The predicted molar refractivity (Wildman–Crippen MR) is 147 cm³/mol. The van der Waals surface area contributed by atoms with Gasteiger partial charge in [-0.1, -0.05) is 17.9 Å². The summed E-state index contributed by atoms with van der Waals surface area (Å²) in [5.74, 6) is 6.82. The number of aromatic nitrogens is 3. The zero-order valence-corrected chi connectivity index (χ0v) is 22.5. The number of hydrogen-bond donors (Lipinski definition) is 2. The van der Waals surface area contributed by atoms with Crippen LogP contribution in [-0.2, 0) is 13.2 Å². The molecule has 1 aliphatic heterocycles. The van der Waals surface area contributed by atoms with Crippen LogP contribution in [0.15, 0.2) is 42.9 Å². The van der Waals surface area contributed by atoms with Crippen molar-refractivity contribution in [3.05, 3.63) is 59.5 Å². The molecule has 8 heteroatoms. The van der Waals surface area contributed by atoms with Crippen molar-refractivity contribution in [3.8, 4) is 28.7 Å². The lowest BCUT2D eigenvalue weighted by atomic mass is 10.0. The molecule has 196 valence electrons. The van der Waals surface area contributed by atoms with Crippen molar-refractivity contribution < 1.29 is 9.84 Å². The van der Waals surface area contributed by atoms with Crippen LogP contribution in [0, 0.1) is 11.8 Å². The fourth-order valence-corrected chi connectivity index (χ4v) is 4.39. The van der Waals surface area contributed by atoms with Gasteiger partial charge in [-0.3, -0.25) is 4.68 Å². The van der Waals surface area contributed by atoms with E-state index in [1.807, 2.05) is 38.5 Å². The number of hydrogen-bond acceptors (Lipinski definition) is 7. The highest BCUT2D eigenvalue weighted by Gasteiger charge is 2.19. The molecule has 0 saturated carbocycles. The Kier molecular flexibility index (Phi) is 8.18. The minimum absolute atomic E-state index is 0.325. The maximum atomic E-state index is 9.98. The third-order valence-corrected chi connectivity index (χ3v) is 6.47. The van der Waals surface area contributed by atoms with Gasteiger partial charge in [0.2, 0.25) is 0 Å². The first-order chi connectivity index (χ1) is 17.6. The Bertz CT molecular complexity index is 1270. The lowest BCUT2D eigenvalue weighted by molar-refractivity contribution is 0.143. The Morgan fingerprint density at radius 3 is 2.59 bits per heavy atom. The summed E-state index contributed by atoms with van der Waals surface area (Å²) in [5.41, 5.74) is 10.0. The summed E-state index contributed by atoms with van der Waals surface area (Å²) in [6.07, 6.45) is 7.94. The van der Waals surface area contributed by atoms with Gasteiger partial charge in [0.05, 0.1) is 12.2 Å². The summed E-state index contributed by atoms with van der Waals surface area (Å²) in [6.45, 7) is 6.60. The van der Waals surface area contributed by atoms with Gasteiger partial charge >= 0.3 is 0 Å². The van der Waals surface area contributed by atoms with E-state index in [0.717, 1.165) is 60.3 Å². The number of ether oxygens (including phenoxy) is 1. The maximum absolute atomic E-state index is 9.98. The standard InChI is InChI=1S/C29H38N6O2/c1-29(2,36)11-8-21-6-7-22(18-33(3)4)24(14-21)20-37-27-15-23(16-31-28(27)30)25-17-32-35(19-25)26-9-12-34(5)13-10-26/h6-7,14-17,19,26,36H,9-10,12-13,18,20H2,1-5H3,(H2,30,31). The van der Waals surface area contributed by atoms with E-state index in [-0.39, 0.29) is 0 Å². The normalized spacial score (nSPS) is 15.0. The van der Waals surface area contributed by atoms with Crippen molar-refractivity contribution in [1.29, 1.82) is 0 Å². The predicted octanol–water partition coefficient (Wildman–Crippen LogP) is 3.56. The van der Waals surface area contributed by atoms with E-state index < -0.39 is 5.60 Å². The van der Waals surface area contributed by atoms with E-state index in [2.05, 4.69) is 55.7 Å². The SMILES string of the molecule is CN(C)Cc1ccc(C#CC(C)(C)O)cc1COc1cc(-c2cnn(C3CCN(C)CC3)c2)cnc1N. The second kappa shape index (κ2) is 11.3. The van der Waals surface area contributed by atoms with Gasteiger partial charge in [-0.25, -0.2) is 4.98 Å². The van der Waals surface area contributed by atoms with Crippen molar-refractivity contribution in [2.45, 2.75) is 51.5 Å². The number of likely N-dealkylation sites (tertiary alicyclic amines) is 1. The second-order valence-corrected chi connectivity index (χ2v) is 10.7. The fraction of sp³-hybridized carbons (Fsp3) is 0.448. The third-order valence-electron chi connectivity index (χ3n) is 6.47. The zero-order chi connectivity index (χ0) is 26.6. The average molecular weight is 503 g/mol. The van der Waals surface area contributed by atoms with Crippen LogP contribution in [0.5, 0.6) is 5.75 Å². The topological polar surface area (TPSA) is 92.7 Å². The molecule has 0 bridgehead atoms. The Hall–Kier alpha value is -3.38. The van der Waals surface area contributed by atoms with Gasteiger partial charge in [0.25, 0.3) is 0 Å². The fourth-order valence-electron chi connectivity index (χ4n) is 4.39. The molecule has 4 rings (SSSR count). The minimum Gasteiger partial charge on any atom is -0.485 e. The van der Waals surface area contributed by atoms with Gasteiger partial charge in [-0.2, -0.15) is 5.10 Å². The second-order valence-electron chi connectivity index (χ2n) is 10.7. The number of benzene rings is 1. The van der Waals surface area contributed by atoms with Gasteiger partial charge in [-0.05, 0) is 90.2 Å². The lowest BCUT2D eigenvalue weighted by Crippen LogP contribution is -2.31. The van der Waals surface area contributed by atoms with Crippen LogP contribution < -0.4 is 10.5 Å². The van der Waals surface area contributed by atoms with Crippen molar-refractivity contribution in [1.82, 2.24) is 24.6 Å². The highest BCUT2D eigenvalue weighted by molar-refractivity contribution is 5.65. The lowest BCUT2D eigenvalue weighted by Gasteiger charge is -2.28. The van der Waals surface area contributed by atoms with Gasteiger partial charge in [-0.15, -0.1) is 0 Å². The molecule has 0 radical (unpaired) electrons. The number of anilines is 1. The summed E-state index contributed by atoms with van der Waals surface area (Å²) in [7, 11) is 6.22. The van der Waals surface area contributed by atoms with E-state index in [4.69, 9.17) is 10.5 Å². The van der Waals surface area contributed by atoms with Crippen LogP contribution in [0.25, 0.3) is 11.1 Å². The molecule has 3 aromatic rings. The molecule has 0 unspecified atom stereocenters. The van der Waals surface area contributed by atoms with Gasteiger partial charge < -0.3 is 25.4 Å². The molecule has 1 aliphatic rings. The Balaban J connectivity index is 1.53. The average Bonchev–Trinajstić information content (AvgIpc) is 3.33. The molecular formula is C29H38N6O2. The minimum atomic E-state index is -1.05. The van der Waals surface area contributed by atoms with Crippen LogP contribution in [0.2, 0.25) is 0 Å². The molecule has 0 aliphatic carbocycles. The Morgan fingerprint density at radius 1 is 1.14 bits per heavy atom. The van der Waals surface area contributed by atoms with E-state index in [1.54, 1.807) is 20.0 Å². The van der Waals surface area contributed by atoms with Crippen LogP contribution in [0.1, 0.15) is 49.4 Å². The van der Waals surface area contributed by atoms with Crippen LogP contribution >= 0.6 is 0 Å². The Morgan fingerprint density at radius 2 is 1.89 bits per heavy atom. The van der Waals surface area contributed by atoms with Crippen molar-refractivity contribution >= 4 is 5.82 Å². The number of aliphatic hydroxyl groups is 1. The number of nitrogens with zero attached hydrogens (tertiary/aromatic N) is 5. The highest BCUT2D eigenvalue weighted by atomic mass is 16.5. The molecule has 1 aromatic carbocycles. The van der Waals surface area contributed by atoms with E-state index in [9.17, 15) is 5.11 Å². The molecule has 8 nitrogen and oxygen atoms in total. The van der Waals surface area contributed by atoms with Crippen molar-refractivity contribution in [2.75, 3.05) is 40.0 Å². The highest BCUT2D eigenvalue weighted by Crippen LogP contribution is 2.30. The molecule has 3 N–H and O–H groups in total. The van der Waals surface area contributed by atoms with Gasteiger partial charge in [0, 0.05) is 35.6 Å². The molecule has 3 heterocycles. The number of piperidine rings is 1. The summed E-state index contributed by atoms with van der Waals surface area (Å²) >= 11 is 0. The zero-order valence-electron chi connectivity index (χ0n) is 22.5. The van der Waals surface area contributed by atoms with E-state index in [0.29, 0.717) is 24.2 Å². The van der Waals surface area contributed by atoms with Crippen LogP contribution in [-0.4, -0.2) is 69.5 Å². The molecule has 0 atom stereocenters. The largest absolute Gasteiger partial charge is 0.485 e. The molecule has 0 spiro atoms. The molecular weight excluding hydrogens is 464 g/mol. The molecule has 2 aromatic heterocycles. The van der Waals surface area contributed by atoms with Crippen LogP contribution in [0.4, 0.5) is 5.82 Å². The molecule has 1 fully saturated rings. The van der Waals surface area contributed by atoms with Crippen molar-refractivity contribution in [3.63, 3.8) is 0 Å². The first kappa shape index (κ1) is 26.7. The van der Waals surface area contributed by atoms with Crippen molar-refractivity contribution in [2.24, 2.45) is 0 Å². The number of nitrogen functional groups attached to an aromatic ring is 1. The number of rotatable bonds is 7. The monoisotopic (exact) mass is 502 g/mol. The first-order valence-electron chi connectivity index (χ1n) is 12.7. The third kappa shape index (κ3) is 7.32. The van der Waals surface area contributed by atoms with E-state index >= 15 is 0 Å². The molecule has 37 heavy (non-hydrogen) atoms. The van der Waals surface area contributed by atoms with Gasteiger partial charge in [0.1, 0.15) is 12.2 Å².